The number of carbonyl (C=O) groups is 2. The van der Waals surface area contributed by atoms with Crippen LogP contribution in [0.2, 0.25) is 0 Å². The van der Waals surface area contributed by atoms with Crippen LogP contribution in [0.25, 0.3) is 16.0 Å². The molecule has 3 aromatic carbocycles. The zero-order valence-corrected chi connectivity index (χ0v) is 20.9. The van der Waals surface area contributed by atoms with Gasteiger partial charge < -0.3 is 19.3 Å². The summed E-state index contributed by atoms with van der Waals surface area (Å²) in [5.41, 5.74) is 2.70. The summed E-state index contributed by atoms with van der Waals surface area (Å²) in [6, 6.07) is 16.9. The van der Waals surface area contributed by atoms with Gasteiger partial charge in [0.05, 0.1) is 28.9 Å². The molecule has 1 N–H and O–H groups in total. The lowest BCUT2D eigenvalue weighted by atomic mass is 9.95. The SMILES string of the molecule is COc1cccc([C@@H]2C(=C(O)c3ccc4c(c3)OCCO4)C(=O)C(=O)N2c2nc3ccc(C)cc3s2)c1. The second-order valence-electron chi connectivity index (χ2n) is 8.77. The Morgan fingerprint density at radius 2 is 1.86 bits per heavy atom. The number of nitrogens with zero attached hydrogens (tertiary/aromatic N) is 2. The number of aliphatic hydroxyl groups is 1. The minimum Gasteiger partial charge on any atom is -0.507 e. The molecular weight excluding hydrogens is 492 g/mol. The normalized spacial score (nSPS) is 18.4. The highest BCUT2D eigenvalue weighted by atomic mass is 32.1. The van der Waals surface area contributed by atoms with Crippen molar-refractivity contribution in [2.75, 3.05) is 25.2 Å². The van der Waals surface area contributed by atoms with E-state index in [1.807, 2.05) is 25.1 Å². The van der Waals surface area contributed by atoms with E-state index in [0.29, 0.717) is 46.7 Å². The fraction of sp³-hybridized carbons (Fsp3) is 0.179. The van der Waals surface area contributed by atoms with Crippen molar-refractivity contribution in [2.24, 2.45) is 0 Å². The lowest BCUT2D eigenvalue weighted by molar-refractivity contribution is -0.132. The number of aliphatic hydroxyl groups excluding tert-OH is 1. The molecule has 4 aromatic rings. The van der Waals surface area contributed by atoms with E-state index in [0.717, 1.165) is 15.8 Å². The number of methoxy groups -OCH3 is 1. The Labute approximate surface area is 216 Å². The number of thiazole rings is 1. The monoisotopic (exact) mass is 514 g/mol. The van der Waals surface area contributed by atoms with Gasteiger partial charge in [-0.2, -0.15) is 0 Å². The third-order valence-electron chi connectivity index (χ3n) is 6.41. The number of carbonyl (C=O) groups excluding carboxylic acids is 2. The number of anilines is 1. The van der Waals surface area contributed by atoms with Crippen molar-refractivity contribution >= 4 is 44.1 Å². The van der Waals surface area contributed by atoms with Crippen molar-refractivity contribution in [1.29, 1.82) is 0 Å². The molecule has 1 fully saturated rings. The minimum absolute atomic E-state index is 0.0367. The van der Waals surface area contributed by atoms with Gasteiger partial charge in [-0.15, -0.1) is 0 Å². The van der Waals surface area contributed by atoms with E-state index in [4.69, 9.17) is 14.2 Å². The number of aromatic nitrogens is 1. The van der Waals surface area contributed by atoms with Crippen LogP contribution >= 0.6 is 11.3 Å². The number of benzene rings is 3. The molecule has 1 amide bonds. The maximum atomic E-state index is 13.5. The second-order valence-corrected chi connectivity index (χ2v) is 9.78. The number of ether oxygens (including phenoxy) is 3. The third-order valence-corrected chi connectivity index (χ3v) is 7.43. The molecule has 0 aliphatic carbocycles. The number of hydrogen-bond donors (Lipinski definition) is 1. The van der Waals surface area contributed by atoms with E-state index >= 15 is 0 Å². The number of amides is 1. The summed E-state index contributed by atoms with van der Waals surface area (Å²) in [6.07, 6.45) is 0. The van der Waals surface area contributed by atoms with Crippen LogP contribution < -0.4 is 19.1 Å². The summed E-state index contributed by atoms with van der Waals surface area (Å²) >= 11 is 1.32. The van der Waals surface area contributed by atoms with Gasteiger partial charge in [0.1, 0.15) is 24.7 Å². The molecule has 3 heterocycles. The molecule has 1 atom stereocenters. The summed E-state index contributed by atoms with van der Waals surface area (Å²) in [4.78, 5) is 33.0. The molecule has 9 heteroatoms. The van der Waals surface area contributed by atoms with E-state index in [2.05, 4.69) is 4.98 Å². The van der Waals surface area contributed by atoms with Crippen LogP contribution in [-0.4, -0.2) is 42.1 Å². The molecule has 6 rings (SSSR count). The zero-order valence-electron chi connectivity index (χ0n) is 20.1. The van der Waals surface area contributed by atoms with Gasteiger partial charge in [0.15, 0.2) is 16.6 Å². The van der Waals surface area contributed by atoms with Crippen LogP contribution in [0.15, 0.2) is 66.2 Å². The molecule has 37 heavy (non-hydrogen) atoms. The van der Waals surface area contributed by atoms with Crippen LogP contribution in [0, 0.1) is 6.92 Å². The van der Waals surface area contributed by atoms with Crippen molar-refractivity contribution < 1.29 is 28.9 Å². The molecule has 0 radical (unpaired) electrons. The van der Waals surface area contributed by atoms with Crippen LogP contribution in [0.1, 0.15) is 22.7 Å². The lowest BCUT2D eigenvalue weighted by Crippen LogP contribution is -2.29. The van der Waals surface area contributed by atoms with Gasteiger partial charge in [0.25, 0.3) is 5.78 Å². The predicted molar refractivity (Wildman–Crippen MR) is 140 cm³/mol. The van der Waals surface area contributed by atoms with Crippen molar-refractivity contribution in [1.82, 2.24) is 4.98 Å². The van der Waals surface area contributed by atoms with Gasteiger partial charge >= 0.3 is 5.91 Å². The van der Waals surface area contributed by atoms with Crippen LogP contribution in [0.3, 0.4) is 0 Å². The molecular formula is C28H22N2O6S. The molecule has 2 aliphatic rings. The largest absolute Gasteiger partial charge is 0.507 e. The molecule has 0 spiro atoms. The van der Waals surface area contributed by atoms with Gasteiger partial charge in [-0.05, 0) is 60.5 Å². The van der Waals surface area contributed by atoms with Crippen molar-refractivity contribution in [3.63, 3.8) is 0 Å². The Bertz CT molecular complexity index is 1610. The van der Waals surface area contributed by atoms with Gasteiger partial charge in [-0.25, -0.2) is 4.98 Å². The van der Waals surface area contributed by atoms with E-state index in [9.17, 15) is 14.7 Å². The minimum atomic E-state index is -0.912. The van der Waals surface area contributed by atoms with Gasteiger partial charge in [-0.1, -0.05) is 29.5 Å². The standard InChI is InChI=1S/C28H22N2O6S/c1-15-6-8-19-22(12-15)37-28(29-19)30-24(16-4-3-5-18(13-16)34-2)23(26(32)27(30)33)25(31)17-7-9-20-21(14-17)36-11-10-35-20/h3-9,12-14,24,31H,10-11H2,1-2H3/t24-/m1/s1. The van der Waals surface area contributed by atoms with Crippen LogP contribution in [-0.2, 0) is 9.59 Å². The number of fused-ring (bicyclic) bond motifs is 2. The molecule has 1 saturated heterocycles. The van der Waals surface area contributed by atoms with Crippen LogP contribution in [0.4, 0.5) is 5.13 Å². The van der Waals surface area contributed by atoms with Crippen molar-refractivity contribution in [2.45, 2.75) is 13.0 Å². The van der Waals surface area contributed by atoms with Crippen molar-refractivity contribution in [3.8, 4) is 17.2 Å². The van der Waals surface area contributed by atoms with Gasteiger partial charge in [0, 0.05) is 5.56 Å². The first kappa shape index (κ1) is 23.1. The molecule has 186 valence electrons. The topological polar surface area (TPSA) is 98.2 Å². The Morgan fingerprint density at radius 1 is 1.05 bits per heavy atom. The Balaban J connectivity index is 1.55. The van der Waals surface area contributed by atoms with Gasteiger partial charge in [0.2, 0.25) is 0 Å². The second kappa shape index (κ2) is 8.94. The first-order valence-electron chi connectivity index (χ1n) is 11.7. The summed E-state index contributed by atoms with van der Waals surface area (Å²) in [6.45, 7) is 2.79. The van der Waals surface area contributed by atoms with Crippen LogP contribution in [0.5, 0.6) is 17.2 Å². The highest BCUT2D eigenvalue weighted by Crippen LogP contribution is 2.45. The molecule has 1 aromatic heterocycles. The van der Waals surface area contributed by atoms with E-state index in [1.54, 1.807) is 49.6 Å². The summed E-state index contributed by atoms with van der Waals surface area (Å²) in [5.74, 6) is -0.287. The summed E-state index contributed by atoms with van der Waals surface area (Å²) < 4.78 is 17.5. The quantitative estimate of drug-likeness (QED) is 0.232. The Morgan fingerprint density at radius 3 is 2.68 bits per heavy atom. The summed E-state index contributed by atoms with van der Waals surface area (Å²) in [7, 11) is 1.54. The third kappa shape index (κ3) is 3.88. The van der Waals surface area contributed by atoms with E-state index in [-0.39, 0.29) is 11.3 Å². The average molecular weight is 515 g/mol. The average Bonchev–Trinajstić information content (AvgIpc) is 3.45. The number of Topliss-reactive ketones (excluding diaryl/α,β-unsaturated/α-hetero) is 1. The smallest absolute Gasteiger partial charge is 0.301 e. The lowest BCUT2D eigenvalue weighted by Gasteiger charge is -2.23. The number of rotatable bonds is 4. The molecule has 0 bridgehead atoms. The molecule has 2 aliphatic heterocycles. The first-order chi connectivity index (χ1) is 17.9. The van der Waals surface area contributed by atoms with Gasteiger partial charge in [-0.3, -0.25) is 14.5 Å². The number of ketones is 1. The Kier molecular flexibility index (Phi) is 5.57. The van der Waals surface area contributed by atoms with E-state index < -0.39 is 17.7 Å². The molecule has 8 nitrogen and oxygen atoms in total. The first-order valence-corrected chi connectivity index (χ1v) is 12.5. The fourth-order valence-corrected chi connectivity index (χ4v) is 5.72. The van der Waals surface area contributed by atoms with Crippen molar-refractivity contribution in [3.05, 3.63) is 82.9 Å². The zero-order chi connectivity index (χ0) is 25.7. The fourth-order valence-electron chi connectivity index (χ4n) is 4.63. The Hall–Kier alpha value is -4.37. The molecule has 0 saturated carbocycles. The molecule has 0 unspecified atom stereocenters. The summed E-state index contributed by atoms with van der Waals surface area (Å²) in [5, 5.41) is 11.8. The number of hydrogen-bond acceptors (Lipinski definition) is 8. The highest BCUT2D eigenvalue weighted by molar-refractivity contribution is 7.22. The predicted octanol–water partition coefficient (Wildman–Crippen LogP) is 5.01. The number of aryl methyl sites for hydroxylation is 1. The maximum absolute atomic E-state index is 13.5. The van der Waals surface area contributed by atoms with E-state index in [1.165, 1.54) is 16.2 Å². The highest BCUT2D eigenvalue weighted by Gasteiger charge is 2.48. The maximum Gasteiger partial charge on any atom is 0.301 e.